The van der Waals surface area contributed by atoms with Gasteiger partial charge >= 0.3 is 0 Å². The van der Waals surface area contributed by atoms with E-state index in [1.165, 1.54) is 11.1 Å². The molecule has 0 radical (unpaired) electrons. The molecule has 1 heterocycles. The number of nitrogens with zero attached hydrogens (tertiary/aromatic N) is 3. The molecule has 34 heavy (non-hydrogen) atoms. The monoisotopic (exact) mass is 495 g/mol. The molecule has 0 aromatic heterocycles. The van der Waals surface area contributed by atoms with Crippen LogP contribution < -0.4 is 9.64 Å². The number of nitriles is 1. The third-order valence-corrected chi connectivity index (χ3v) is 6.48. The quantitative estimate of drug-likeness (QED) is 0.456. The number of rotatable bonds is 7. The van der Waals surface area contributed by atoms with E-state index >= 15 is 0 Å². The van der Waals surface area contributed by atoms with E-state index in [0.29, 0.717) is 21.4 Å². The van der Waals surface area contributed by atoms with Crippen LogP contribution in [-0.2, 0) is 6.54 Å². The third-order valence-electron chi connectivity index (χ3n) is 5.93. The maximum absolute atomic E-state index is 9.48. The van der Waals surface area contributed by atoms with Gasteiger partial charge < -0.3 is 14.7 Å². The first-order valence-corrected chi connectivity index (χ1v) is 12.0. The summed E-state index contributed by atoms with van der Waals surface area (Å²) in [6, 6.07) is 23.7. The van der Waals surface area contributed by atoms with Crippen molar-refractivity contribution >= 4 is 28.9 Å². The molecule has 0 unspecified atom stereocenters. The van der Waals surface area contributed by atoms with Crippen molar-refractivity contribution in [2.24, 2.45) is 0 Å². The van der Waals surface area contributed by atoms with Crippen LogP contribution in [0.15, 0.2) is 66.7 Å². The van der Waals surface area contributed by atoms with Crippen molar-refractivity contribution in [3.05, 3.63) is 93.5 Å². The second-order valence-electron chi connectivity index (χ2n) is 8.58. The second-order valence-corrected chi connectivity index (χ2v) is 9.42. The summed E-state index contributed by atoms with van der Waals surface area (Å²) in [5.41, 5.74) is 3.96. The Labute approximate surface area is 210 Å². The van der Waals surface area contributed by atoms with Crippen molar-refractivity contribution in [1.82, 2.24) is 4.90 Å². The molecule has 176 valence electrons. The van der Waals surface area contributed by atoms with Crippen LogP contribution in [0.25, 0.3) is 0 Å². The lowest BCUT2D eigenvalue weighted by Crippen LogP contribution is -2.48. The summed E-state index contributed by atoms with van der Waals surface area (Å²) in [6.07, 6.45) is -0.545. The van der Waals surface area contributed by atoms with Crippen LogP contribution in [0, 0.1) is 11.3 Å². The lowest BCUT2D eigenvalue weighted by Gasteiger charge is -2.43. The Morgan fingerprint density at radius 2 is 1.79 bits per heavy atom. The Hall–Kier alpha value is -2.75. The van der Waals surface area contributed by atoms with Crippen LogP contribution in [0.5, 0.6) is 5.75 Å². The molecule has 3 aromatic rings. The highest BCUT2D eigenvalue weighted by molar-refractivity contribution is 6.33. The summed E-state index contributed by atoms with van der Waals surface area (Å²) in [7, 11) is 0. The van der Waals surface area contributed by atoms with Crippen molar-refractivity contribution in [3.8, 4) is 11.8 Å². The highest BCUT2D eigenvalue weighted by Crippen LogP contribution is 2.37. The predicted octanol–water partition coefficient (Wildman–Crippen LogP) is 5.69. The molecule has 3 aromatic carbocycles. The first kappa shape index (κ1) is 24.4. The van der Waals surface area contributed by atoms with Gasteiger partial charge in [-0.25, -0.2) is 0 Å². The topological polar surface area (TPSA) is 59.7 Å². The van der Waals surface area contributed by atoms with E-state index in [1.807, 2.05) is 48.5 Å². The van der Waals surface area contributed by atoms with Crippen molar-refractivity contribution in [1.29, 1.82) is 5.26 Å². The van der Waals surface area contributed by atoms with Crippen molar-refractivity contribution in [3.63, 3.8) is 0 Å². The number of hydrogen-bond acceptors (Lipinski definition) is 5. The fraction of sp³-hybridized carbons (Fsp3) is 0.296. The summed E-state index contributed by atoms with van der Waals surface area (Å²) in [6.45, 7) is 5.21. The summed E-state index contributed by atoms with van der Waals surface area (Å²) in [5, 5.41) is 19.9. The number of aliphatic hydroxyl groups is 1. The molecule has 1 N–H and O–H groups in total. The molecule has 5 nitrogen and oxygen atoms in total. The fourth-order valence-electron chi connectivity index (χ4n) is 4.21. The van der Waals surface area contributed by atoms with Crippen molar-refractivity contribution < 1.29 is 9.84 Å². The lowest BCUT2D eigenvalue weighted by atomic mass is 10.0. The van der Waals surface area contributed by atoms with Crippen molar-refractivity contribution in [2.75, 3.05) is 31.1 Å². The molecular weight excluding hydrogens is 469 g/mol. The van der Waals surface area contributed by atoms with Gasteiger partial charge in [0.15, 0.2) is 0 Å². The molecule has 0 amide bonds. The van der Waals surface area contributed by atoms with Gasteiger partial charge in [0.1, 0.15) is 12.4 Å². The van der Waals surface area contributed by atoms with Crippen LogP contribution in [0.3, 0.4) is 0 Å². The van der Waals surface area contributed by atoms with Crippen LogP contribution in [-0.4, -0.2) is 42.4 Å². The number of aliphatic hydroxyl groups excluding tert-OH is 1. The zero-order valence-electron chi connectivity index (χ0n) is 19.0. The number of halogens is 2. The molecule has 1 saturated heterocycles. The Morgan fingerprint density at radius 3 is 2.44 bits per heavy atom. The van der Waals surface area contributed by atoms with Gasteiger partial charge in [-0.1, -0.05) is 47.5 Å². The zero-order valence-corrected chi connectivity index (χ0v) is 20.5. The Balaban J connectivity index is 1.57. The second kappa shape index (κ2) is 11.1. The Bertz CT molecular complexity index is 1140. The number of piperazine rings is 1. The molecule has 0 spiro atoms. The summed E-state index contributed by atoms with van der Waals surface area (Å²) in [5.74, 6) is 0.636. The van der Waals surface area contributed by atoms with Gasteiger partial charge in [0.25, 0.3) is 0 Å². The highest BCUT2D eigenvalue weighted by Gasteiger charge is 2.30. The van der Waals surface area contributed by atoms with Gasteiger partial charge in [-0.2, -0.15) is 5.26 Å². The summed E-state index contributed by atoms with van der Waals surface area (Å²) >= 11 is 12.9. The first-order chi connectivity index (χ1) is 16.4. The standard InChI is InChI=1S/C27H27Cl2N3O2/c1-19(33)18-34-24-10-11-26(25(29)14-24)32-13-12-31(16-21-4-2-20(15-30)3-5-21)17-27(32)22-6-8-23(28)9-7-22/h2-11,14,19,27,33H,12-13,16-18H2,1H3/t19-,27+/m1/s1. The first-order valence-electron chi connectivity index (χ1n) is 11.3. The SMILES string of the molecule is C[C@@H](O)COc1ccc(N2CCN(Cc3ccc(C#N)cc3)C[C@H]2c2ccc(Cl)cc2)c(Cl)c1. The molecule has 0 bridgehead atoms. The van der Waals surface area contributed by atoms with E-state index in [1.54, 1.807) is 13.0 Å². The fourth-order valence-corrected chi connectivity index (χ4v) is 4.62. The summed E-state index contributed by atoms with van der Waals surface area (Å²) in [4.78, 5) is 4.75. The smallest absolute Gasteiger partial charge is 0.121 e. The maximum Gasteiger partial charge on any atom is 0.121 e. The van der Waals surface area contributed by atoms with E-state index in [0.717, 1.165) is 31.9 Å². The average molecular weight is 496 g/mol. The molecule has 7 heteroatoms. The molecule has 4 rings (SSSR count). The number of anilines is 1. The molecule has 0 aliphatic carbocycles. The average Bonchev–Trinajstić information content (AvgIpc) is 2.84. The van der Waals surface area contributed by atoms with E-state index in [-0.39, 0.29) is 12.6 Å². The number of ether oxygens (including phenoxy) is 1. The van der Waals surface area contributed by atoms with Crippen LogP contribution in [0.1, 0.15) is 29.7 Å². The number of hydrogen-bond donors (Lipinski definition) is 1. The minimum atomic E-state index is -0.545. The van der Waals surface area contributed by atoms with E-state index in [9.17, 15) is 5.11 Å². The molecule has 1 fully saturated rings. The van der Waals surface area contributed by atoms with Gasteiger partial charge in [0.05, 0.1) is 34.5 Å². The lowest BCUT2D eigenvalue weighted by molar-refractivity contribution is 0.123. The molecule has 2 atom stereocenters. The van der Waals surface area contributed by atoms with Gasteiger partial charge in [-0.3, -0.25) is 4.90 Å². The van der Waals surface area contributed by atoms with E-state index in [4.69, 9.17) is 33.2 Å². The maximum atomic E-state index is 9.48. The Kier molecular flexibility index (Phi) is 7.97. The number of benzene rings is 3. The summed E-state index contributed by atoms with van der Waals surface area (Å²) < 4.78 is 5.62. The molecule has 1 aliphatic rings. The third kappa shape index (κ3) is 6.02. The van der Waals surface area contributed by atoms with Gasteiger partial charge in [-0.05, 0) is 54.4 Å². The zero-order chi connectivity index (χ0) is 24.1. The van der Waals surface area contributed by atoms with Crippen LogP contribution in [0.2, 0.25) is 10.0 Å². The van der Waals surface area contributed by atoms with Gasteiger partial charge in [-0.15, -0.1) is 0 Å². The van der Waals surface area contributed by atoms with Crippen LogP contribution in [0.4, 0.5) is 5.69 Å². The van der Waals surface area contributed by atoms with Gasteiger partial charge in [0.2, 0.25) is 0 Å². The van der Waals surface area contributed by atoms with Gasteiger partial charge in [0, 0.05) is 37.3 Å². The normalized spacial score (nSPS) is 17.3. The minimum Gasteiger partial charge on any atom is -0.491 e. The predicted molar refractivity (Wildman–Crippen MR) is 137 cm³/mol. The van der Waals surface area contributed by atoms with E-state index in [2.05, 4.69) is 28.0 Å². The Morgan fingerprint density at radius 1 is 1.06 bits per heavy atom. The van der Waals surface area contributed by atoms with Crippen molar-refractivity contribution in [2.45, 2.75) is 25.6 Å². The molecular formula is C27H27Cl2N3O2. The molecule has 1 aliphatic heterocycles. The molecule has 0 saturated carbocycles. The van der Waals surface area contributed by atoms with Crippen LogP contribution >= 0.6 is 23.2 Å². The largest absolute Gasteiger partial charge is 0.491 e. The highest BCUT2D eigenvalue weighted by atomic mass is 35.5. The van der Waals surface area contributed by atoms with E-state index < -0.39 is 6.10 Å². The minimum absolute atomic E-state index is 0.0890.